The summed E-state index contributed by atoms with van der Waals surface area (Å²) in [6.45, 7) is 3.07. The van der Waals surface area contributed by atoms with Gasteiger partial charge in [0.2, 0.25) is 10.0 Å². The van der Waals surface area contributed by atoms with Gasteiger partial charge in [-0.05, 0) is 60.5 Å². The maximum Gasteiger partial charge on any atom is 0.255 e. The molecule has 0 bridgehead atoms. The van der Waals surface area contributed by atoms with E-state index in [4.69, 9.17) is 4.74 Å². The van der Waals surface area contributed by atoms with Gasteiger partial charge in [-0.1, -0.05) is 62.9 Å². The van der Waals surface area contributed by atoms with Crippen LogP contribution >= 0.6 is 0 Å². The Bertz CT molecular complexity index is 1130. The fourth-order valence-electron chi connectivity index (χ4n) is 3.38. The Hall–Kier alpha value is -3.16. The molecule has 0 radical (unpaired) electrons. The zero-order valence-corrected chi connectivity index (χ0v) is 20.3. The lowest BCUT2D eigenvalue weighted by atomic mass is 10.1. The van der Waals surface area contributed by atoms with Crippen molar-refractivity contribution < 1.29 is 17.9 Å². The van der Waals surface area contributed by atoms with Crippen LogP contribution in [0.2, 0.25) is 0 Å². The first-order valence-corrected chi connectivity index (χ1v) is 13.1. The molecular formula is C27H32N2O4S. The minimum absolute atomic E-state index is 0.137. The van der Waals surface area contributed by atoms with Crippen LogP contribution in [0.5, 0.6) is 5.75 Å². The standard InChI is InChI=1S/C27H32N2O4S/c1-2-3-4-5-9-20-33-25-16-12-23(13-17-25)27(30)29-24-14-18-26(19-15-24)34(31,32)28-21-22-10-7-6-8-11-22/h6-8,10-19,28H,2-5,9,20-21H2,1H3,(H,29,30). The molecular weight excluding hydrogens is 448 g/mol. The first kappa shape index (κ1) is 25.5. The number of unbranched alkanes of at least 4 members (excludes halogenated alkanes) is 4. The average molecular weight is 481 g/mol. The molecule has 1 amide bonds. The summed E-state index contributed by atoms with van der Waals surface area (Å²) in [5, 5.41) is 2.79. The average Bonchev–Trinajstić information content (AvgIpc) is 2.86. The second-order valence-corrected chi connectivity index (χ2v) is 9.84. The van der Waals surface area contributed by atoms with E-state index in [0.717, 1.165) is 24.2 Å². The van der Waals surface area contributed by atoms with Crippen LogP contribution in [-0.2, 0) is 16.6 Å². The molecule has 0 spiro atoms. The maximum atomic E-state index is 12.5. The van der Waals surface area contributed by atoms with E-state index in [2.05, 4.69) is 17.0 Å². The molecule has 0 aliphatic carbocycles. The molecule has 0 saturated heterocycles. The molecule has 0 fully saturated rings. The Morgan fingerprint density at radius 2 is 1.50 bits per heavy atom. The summed E-state index contributed by atoms with van der Waals surface area (Å²) >= 11 is 0. The quantitative estimate of drug-likeness (QED) is 0.304. The van der Waals surface area contributed by atoms with Crippen molar-refractivity contribution in [3.05, 3.63) is 90.0 Å². The van der Waals surface area contributed by atoms with Crippen molar-refractivity contribution in [2.45, 2.75) is 50.5 Å². The number of hydrogen-bond donors (Lipinski definition) is 2. The zero-order chi connectivity index (χ0) is 24.2. The molecule has 3 aromatic rings. The van der Waals surface area contributed by atoms with E-state index < -0.39 is 10.0 Å². The molecule has 0 atom stereocenters. The molecule has 3 rings (SSSR count). The Morgan fingerprint density at radius 3 is 2.18 bits per heavy atom. The number of ether oxygens (including phenoxy) is 1. The molecule has 0 heterocycles. The summed E-state index contributed by atoms with van der Waals surface area (Å²) in [7, 11) is -3.65. The summed E-state index contributed by atoms with van der Waals surface area (Å²) in [5.74, 6) is 0.466. The van der Waals surface area contributed by atoms with Crippen molar-refractivity contribution in [2.24, 2.45) is 0 Å². The van der Waals surface area contributed by atoms with Crippen LogP contribution in [0.1, 0.15) is 54.9 Å². The summed E-state index contributed by atoms with van der Waals surface area (Å²) < 4.78 is 33.4. The van der Waals surface area contributed by atoms with Gasteiger partial charge in [-0.15, -0.1) is 0 Å². The summed E-state index contributed by atoms with van der Waals surface area (Å²) in [4.78, 5) is 12.7. The van der Waals surface area contributed by atoms with Gasteiger partial charge < -0.3 is 10.1 Å². The van der Waals surface area contributed by atoms with Gasteiger partial charge in [0, 0.05) is 17.8 Å². The van der Waals surface area contributed by atoms with Gasteiger partial charge in [-0.2, -0.15) is 0 Å². The lowest BCUT2D eigenvalue weighted by molar-refractivity contribution is 0.102. The molecule has 2 N–H and O–H groups in total. The molecule has 0 saturated carbocycles. The zero-order valence-electron chi connectivity index (χ0n) is 19.5. The van der Waals surface area contributed by atoms with Crippen molar-refractivity contribution in [2.75, 3.05) is 11.9 Å². The lowest BCUT2D eigenvalue weighted by Crippen LogP contribution is -2.23. The lowest BCUT2D eigenvalue weighted by Gasteiger charge is -2.10. The molecule has 6 nitrogen and oxygen atoms in total. The number of carbonyl (C=O) groups excluding carboxylic acids is 1. The smallest absolute Gasteiger partial charge is 0.255 e. The maximum absolute atomic E-state index is 12.5. The second-order valence-electron chi connectivity index (χ2n) is 8.08. The largest absolute Gasteiger partial charge is 0.494 e. The van der Waals surface area contributed by atoms with Gasteiger partial charge in [-0.25, -0.2) is 13.1 Å². The van der Waals surface area contributed by atoms with Gasteiger partial charge >= 0.3 is 0 Å². The van der Waals surface area contributed by atoms with Crippen LogP contribution in [0, 0.1) is 0 Å². The minimum Gasteiger partial charge on any atom is -0.494 e. The third-order valence-corrected chi connectivity index (χ3v) is 6.78. The van der Waals surface area contributed by atoms with Crippen LogP contribution in [0.15, 0.2) is 83.8 Å². The number of nitrogens with one attached hydrogen (secondary N) is 2. The Balaban J connectivity index is 1.49. The first-order chi connectivity index (χ1) is 16.5. The van der Waals surface area contributed by atoms with Crippen LogP contribution in [0.4, 0.5) is 5.69 Å². The third-order valence-electron chi connectivity index (χ3n) is 5.36. The predicted octanol–water partition coefficient (Wildman–Crippen LogP) is 5.77. The minimum atomic E-state index is -3.65. The van der Waals surface area contributed by atoms with E-state index in [9.17, 15) is 13.2 Å². The highest BCUT2D eigenvalue weighted by atomic mass is 32.2. The van der Waals surface area contributed by atoms with E-state index in [1.54, 1.807) is 36.4 Å². The molecule has 180 valence electrons. The van der Waals surface area contributed by atoms with Gasteiger partial charge in [0.05, 0.1) is 11.5 Å². The summed E-state index contributed by atoms with van der Waals surface area (Å²) in [6.07, 6.45) is 5.90. The highest BCUT2D eigenvalue weighted by Gasteiger charge is 2.14. The normalized spacial score (nSPS) is 11.2. The van der Waals surface area contributed by atoms with Gasteiger partial charge in [0.25, 0.3) is 5.91 Å². The number of benzene rings is 3. The van der Waals surface area contributed by atoms with E-state index in [-0.39, 0.29) is 17.3 Å². The van der Waals surface area contributed by atoms with Gasteiger partial charge in [0.1, 0.15) is 5.75 Å². The highest BCUT2D eigenvalue weighted by Crippen LogP contribution is 2.17. The van der Waals surface area contributed by atoms with Crippen molar-refractivity contribution in [3.8, 4) is 5.75 Å². The second kappa shape index (κ2) is 12.9. The Kier molecular flexibility index (Phi) is 9.67. The fraction of sp³-hybridized carbons (Fsp3) is 0.296. The number of anilines is 1. The monoisotopic (exact) mass is 480 g/mol. The molecule has 0 aromatic heterocycles. The summed E-state index contributed by atoms with van der Waals surface area (Å²) in [6, 6.07) is 22.4. The van der Waals surface area contributed by atoms with Crippen LogP contribution in [0.25, 0.3) is 0 Å². The number of hydrogen-bond acceptors (Lipinski definition) is 4. The van der Waals surface area contributed by atoms with Crippen LogP contribution < -0.4 is 14.8 Å². The molecule has 0 unspecified atom stereocenters. The number of carbonyl (C=O) groups is 1. The molecule has 0 aliphatic rings. The van der Waals surface area contributed by atoms with Crippen molar-refractivity contribution in [3.63, 3.8) is 0 Å². The molecule has 34 heavy (non-hydrogen) atoms. The van der Waals surface area contributed by atoms with Crippen molar-refractivity contribution >= 4 is 21.6 Å². The first-order valence-electron chi connectivity index (χ1n) is 11.7. The van der Waals surface area contributed by atoms with Crippen molar-refractivity contribution in [1.82, 2.24) is 4.72 Å². The van der Waals surface area contributed by atoms with E-state index in [0.29, 0.717) is 17.9 Å². The van der Waals surface area contributed by atoms with Gasteiger partial charge in [0.15, 0.2) is 0 Å². The number of amides is 1. The topological polar surface area (TPSA) is 84.5 Å². The SMILES string of the molecule is CCCCCCCOc1ccc(C(=O)Nc2ccc(S(=O)(=O)NCc3ccccc3)cc2)cc1. The van der Waals surface area contributed by atoms with Crippen LogP contribution in [0.3, 0.4) is 0 Å². The molecule has 7 heteroatoms. The number of rotatable bonds is 13. The fourth-order valence-corrected chi connectivity index (χ4v) is 4.39. The van der Waals surface area contributed by atoms with E-state index in [1.165, 1.54) is 31.4 Å². The Labute approximate surface area is 202 Å². The Morgan fingerprint density at radius 1 is 0.824 bits per heavy atom. The molecule has 3 aromatic carbocycles. The van der Waals surface area contributed by atoms with E-state index >= 15 is 0 Å². The summed E-state index contributed by atoms with van der Waals surface area (Å²) in [5.41, 5.74) is 1.88. The van der Waals surface area contributed by atoms with Gasteiger partial charge in [-0.3, -0.25) is 4.79 Å². The highest BCUT2D eigenvalue weighted by molar-refractivity contribution is 7.89. The van der Waals surface area contributed by atoms with E-state index in [1.807, 2.05) is 30.3 Å². The molecule has 0 aliphatic heterocycles. The number of sulfonamides is 1. The third kappa shape index (κ3) is 8.01. The van der Waals surface area contributed by atoms with Crippen molar-refractivity contribution in [1.29, 1.82) is 0 Å². The van der Waals surface area contributed by atoms with Crippen LogP contribution in [-0.4, -0.2) is 20.9 Å². The predicted molar refractivity (Wildman–Crippen MR) is 136 cm³/mol.